The number of carbonyl (C=O) groups excluding carboxylic acids is 2. The van der Waals surface area contributed by atoms with Gasteiger partial charge in [-0.2, -0.15) is 0 Å². The van der Waals surface area contributed by atoms with Crippen LogP contribution in [0.1, 0.15) is 258 Å². The molecule has 0 rings (SSSR count). The van der Waals surface area contributed by atoms with Gasteiger partial charge in [-0.1, -0.05) is 254 Å². The van der Waals surface area contributed by atoms with Crippen LogP contribution in [0.25, 0.3) is 0 Å². The van der Waals surface area contributed by atoms with Crippen LogP contribution in [-0.2, 0) is 32.7 Å². The Labute approximate surface area is 444 Å². The number of phosphoric acid groups is 1. The zero-order chi connectivity index (χ0) is 52.7. The summed E-state index contributed by atoms with van der Waals surface area (Å²) in [6.07, 6.45) is 70.1. The van der Waals surface area contributed by atoms with Crippen LogP contribution in [0.4, 0.5) is 0 Å². The average molecular weight is 1030 g/mol. The van der Waals surface area contributed by atoms with E-state index in [1.54, 1.807) is 0 Å². The molecule has 0 radical (unpaired) electrons. The molecule has 0 heterocycles. The molecule has 418 valence electrons. The Balaban J connectivity index is 3.87. The number of allylic oxidation sites excluding steroid dienone is 12. The Kier molecular flexibility index (Phi) is 51.4. The highest BCUT2D eigenvalue weighted by molar-refractivity contribution is 7.47. The first-order chi connectivity index (χ1) is 35.0. The summed E-state index contributed by atoms with van der Waals surface area (Å²) in [5.74, 6) is -0.792. The fourth-order valence-corrected chi connectivity index (χ4v) is 8.94. The fraction of sp³-hybridized carbons (Fsp3) is 0.774. The highest BCUT2D eigenvalue weighted by atomic mass is 31.2. The Morgan fingerprint density at radius 2 is 0.792 bits per heavy atom. The third-order valence-electron chi connectivity index (χ3n) is 12.8. The highest BCUT2D eigenvalue weighted by Gasteiger charge is 2.27. The molecule has 0 aromatic rings. The van der Waals surface area contributed by atoms with Crippen LogP contribution in [0.2, 0.25) is 0 Å². The minimum absolute atomic E-state index is 0.0328. The van der Waals surface area contributed by atoms with Crippen LogP contribution in [0.15, 0.2) is 72.9 Å². The summed E-state index contributed by atoms with van der Waals surface area (Å²) in [7, 11) is 1.48. The number of quaternary nitrogens is 1. The lowest BCUT2D eigenvalue weighted by atomic mass is 10.0. The molecule has 0 spiro atoms. The van der Waals surface area contributed by atoms with Crippen molar-refractivity contribution in [1.82, 2.24) is 0 Å². The summed E-state index contributed by atoms with van der Waals surface area (Å²) in [6.45, 7) is 4.31. The molecule has 9 nitrogen and oxygen atoms in total. The van der Waals surface area contributed by atoms with Gasteiger partial charge in [0.05, 0.1) is 27.7 Å². The molecule has 0 amide bonds. The number of hydrogen-bond donors (Lipinski definition) is 1. The summed E-state index contributed by atoms with van der Waals surface area (Å²) < 4.78 is 34.4. The molecule has 10 heteroatoms. The van der Waals surface area contributed by atoms with Gasteiger partial charge in [0.25, 0.3) is 0 Å². The third-order valence-corrected chi connectivity index (χ3v) is 13.7. The van der Waals surface area contributed by atoms with Crippen molar-refractivity contribution in [1.29, 1.82) is 0 Å². The lowest BCUT2D eigenvalue weighted by Gasteiger charge is -2.24. The van der Waals surface area contributed by atoms with Crippen molar-refractivity contribution in [2.75, 3.05) is 47.5 Å². The van der Waals surface area contributed by atoms with Crippen LogP contribution in [0, 0.1) is 0 Å². The predicted molar refractivity (Wildman–Crippen MR) is 307 cm³/mol. The predicted octanol–water partition coefficient (Wildman–Crippen LogP) is 18.5. The van der Waals surface area contributed by atoms with Gasteiger partial charge < -0.3 is 18.9 Å². The third kappa shape index (κ3) is 56.7. The minimum Gasteiger partial charge on any atom is -0.462 e. The van der Waals surface area contributed by atoms with Gasteiger partial charge >= 0.3 is 19.8 Å². The fourth-order valence-electron chi connectivity index (χ4n) is 8.20. The Hall–Kier alpha value is -2.55. The number of carbonyl (C=O) groups is 2. The van der Waals surface area contributed by atoms with Crippen LogP contribution < -0.4 is 0 Å². The lowest BCUT2D eigenvalue weighted by Crippen LogP contribution is -2.37. The molecule has 2 atom stereocenters. The molecular formula is C62H113NO8P+. The zero-order valence-electron chi connectivity index (χ0n) is 47.4. The van der Waals surface area contributed by atoms with E-state index in [9.17, 15) is 19.0 Å². The maximum atomic E-state index is 12.8. The Bertz CT molecular complexity index is 1450. The van der Waals surface area contributed by atoms with Gasteiger partial charge in [0, 0.05) is 12.8 Å². The smallest absolute Gasteiger partial charge is 0.462 e. The minimum atomic E-state index is -4.38. The number of unbranched alkanes of at least 4 members (excludes halogenated alkanes) is 28. The van der Waals surface area contributed by atoms with Crippen molar-refractivity contribution < 1.29 is 42.1 Å². The van der Waals surface area contributed by atoms with E-state index in [0.717, 1.165) is 70.6 Å². The second-order valence-corrected chi connectivity index (χ2v) is 22.5. The molecule has 0 saturated heterocycles. The van der Waals surface area contributed by atoms with E-state index in [2.05, 4.69) is 86.8 Å². The van der Waals surface area contributed by atoms with Crippen molar-refractivity contribution in [3.8, 4) is 0 Å². The first-order valence-corrected chi connectivity index (χ1v) is 31.2. The molecule has 0 saturated carbocycles. The number of phosphoric ester groups is 1. The summed E-state index contributed by atoms with van der Waals surface area (Å²) in [4.78, 5) is 35.5. The molecule has 72 heavy (non-hydrogen) atoms. The zero-order valence-corrected chi connectivity index (χ0v) is 48.3. The maximum Gasteiger partial charge on any atom is 0.472 e. The van der Waals surface area contributed by atoms with Gasteiger partial charge in [-0.25, -0.2) is 4.57 Å². The van der Waals surface area contributed by atoms with Crippen molar-refractivity contribution in [3.63, 3.8) is 0 Å². The van der Waals surface area contributed by atoms with Crippen LogP contribution in [0.5, 0.6) is 0 Å². The molecule has 0 aromatic heterocycles. The molecule has 0 bridgehead atoms. The van der Waals surface area contributed by atoms with Gasteiger partial charge in [-0.3, -0.25) is 18.6 Å². The van der Waals surface area contributed by atoms with Crippen LogP contribution >= 0.6 is 7.82 Å². The number of esters is 2. The molecule has 0 aliphatic carbocycles. The summed E-state index contributed by atoms with van der Waals surface area (Å²) in [5.41, 5.74) is 0. The Morgan fingerprint density at radius 1 is 0.444 bits per heavy atom. The SMILES string of the molecule is CC/C=C\C/C=C\C/C=C\C/C=C\C/C=C\C/C=C\CCCCCCCCCCCCCCCCCCCCCCC(=O)OC(COC(=O)CCCCCCCCCCC)COP(=O)(O)OCC[N+](C)(C)C. The molecule has 0 aliphatic heterocycles. The second kappa shape index (κ2) is 53.3. The standard InChI is InChI=1S/C62H112NO8P/c1-6-8-10-12-14-16-17-18-19-20-21-22-23-24-25-26-27-28-29-30-31-32-33-34-35-36-37-38-39-40-41-42-43-44-45-47-49-51-53-55-62(65)71-60(59-70-72(66,67)69-57-56-63(3,4)5)58-68-61(64)54-52-50-48-46-15-13-11-9-7-2/h8,10,14,16,18-19,21-22,24-25,27-28,60H,6-7,9,11-13,15,17,20,23,26,29-59H2,1-5H3/p+1/b10-8-,16-14-,19-18-,22-21-,25-24-,28-27-. The van der Waals surface area contributed by atoms with E-state index < -0.39 is 26.5 Å². The molecule has 1 N–H and O–H groups in total. The molecule has 2 unspecified atom stereocenters. The topological polar surface area (TPSA) is 108 Å². The molecular weight excluding hydrogens is 918 g/mol. The maximum absolute atomic E-state index is 12.8. The second-order valence-electron chi connectivity index (χ2n) is 21.0. The van der Waals surface area contributed by atoms with Gasteiger partial charge in [-0.15, -0.1) is 0 Å². The number of rotatable bonds is 54. The number of hydrogen-bond acceptors (Lipinski definition) is 7. The first-order valence-electron chi connectivity index (χ1n) is 29.7. The average Bonchev–Trinajstić information content (AvgIpc) is 3.34. The number of nitrogens with zero attached hydrogens (tertiary/aromatic N) is 1. The van der Waals surface area contributed by atoms with Crippen molar-refractivity contribution in [3.05, 3.63) is 72.9 Å². The first kappa shape index (κ1) is 69.5. The van der Waals surface area contributed by atoms with Crippen LogP contribution in [-0.4, -0.2) is 74.9 Å². The van der Waals surface area contributed by atoms with Crippen molar-refractivity contribution >= 4 is 19.8 Å². The molecule has 0 aromatic carbocycles. The number of ether oxygens (including phenoxy) is 2. The van der Waals surface area contributed by atoms with Gasteiger partial charge in [0.2, 0.25) is 0 Å². The van der Waals surface area contributed by atoms with Crippen LogP contribution in [0.3, 0.4) is 0 Å². The largest absolute Gasteiger partial charge is 0.472 e. The number of likely N-dealkylation sites (N-methyl/N-ethyl adjacent to an activating group) is 1. The summed E-state index contributed by atoms with van der Waals surface area (Å²) in [5, 5.41) is 0. The van der Waals surface area contributed by atoms with E-state index in [0.29, 0.717) is 23.9 Å². The normalized spacial score (nSPS) is 13.8. The van der Waals surface area contributed by atoms with E-state index in [4.69, 9.17) is 18.5 Å². The van der Waals surface area contributed by atoms with E-state index in [-0.39, 0.29) is 25.6 Å². The van der Waals surface area contributed by atoms with Gasteiger partial charge in [0.15, 0.2) is 6.10 Å². The lowest BCUT2D eigenvalue weighted by molar-refractivity contribution is -0.870. The summed E-state index contributed by atoms with van der Waals surface area (Å²) >= 11 is 0. The van der Waals surface area contributed by atoms with E-state index >= 15 is 0 Å². The van der Waals surface area contributed by atoms with Gasteiger partial charge in [0.1, 0.15) is 19.8 Å². The monoisotopic (exact) mass is 1030 g/mol. The van der Waals surface area contributed by atoms with E-state index in [1.165, 1.54) is 154 Å². The quantitative estimate of drug-likeness (QED) is 0.0211. The van der Waals surface area contributed by atoms with Crippen molar-refractivity contribution in [2.24, 2.45) is 0 Å². The summed E-state index contributed by atoms with van der Waals surface area (Å²) in [6, 6.07) is 0. The van der Waals surface area contributed by atoms with E-state index in [1.807, 2.05) is 21.1 Å². The van der Waals surface area contributed by atoms with Gasteiger partial charge in [-0.05, 0) is 64.2 Å². The highest BCUT2D eigenvalue weighted by Crippen LogP contribution is 2.43. The van der Waals surface area contributed by atoms with Crippen molar-refractivity contribution in [2.45, 2.75) is 264 Å². The Morgan fingerprint density at radius 3 is 1.18 bits per heavy atom. The molecule has 0 fully saturated rings. The molecule has 0 aliphatic rings.